The number of ether oxygens (including phenoxy) is 1. The Balaban J connectivity index is 1.63. The number of carbonyl (C=O) groups is 1. The van der Waals surface area contributed by atoms with Crippen LogP contribution in [-0.4, -0.2) is 27.3 Å². The van der Waals surface area contributed by atoms with Crippen LogP contribution in [0.2, 0.25) is 0 Å². The lowest BCUT2D eigenvalue weighted by Gasteiger charge is -2.29. The van der Waals surface area contributed by atoms with Crippen LogP contribution in [0, 0.1) is 5.82 Å². The third-order valence-electron chi connectivity index (χ3n) is 5.74. The van der Waals surface area contributed by atoms with Crippen LogP contribution < -0.4 is 15.4 Å². The van der Waals surface area contributed by atoms with E-state index >= 15 is 0 Å². The number of halogens is 1. The highest BCUT2D eigenvalue weighted by atomic mass is 19.1. The van der Waals surface area contributed by atoms with E-state index < -0.39 is 6.04 Å². The largest absolute Gasteiger partial charge is 0.494 e. The Hall–Kier alpha value is -4.46. The van der Waals surface area contributed by atoms with E-state index in [9.17, 15) is 9.18 Å². The van der Waals surface area contributed by atoms with Crippen molar-refractivity contribution < 1.29 is 13.9 Å². The molecule has 0 bridgehead atoms. The molecule has 35 heavy (non-hydrogen) atoms. The van der Waals surface area contributed by atoms with Gasteiger partial charge in [0.2, 0.25) is 5.95 Å². The van der Waals surface area contributed by atoms with Gasteiger partial charge in [-0.3, -0.25) is 4.79 Å². The molecule has 1 aromatic heterocycles. The monoisotopic (exact) mass is 469 g/mol. The summed E-state index contributed by atoms with van der Waals surface area (Å²) in [5.41, 5.74) is 3.28. The maximum atomic E-state index is 13.6. The van der Waals surface area contributed by atoms with Crippen molar-refractivity contribution in [3.05, 3.63) is 102 Å². The summed E-state index contributed by atoms with van der Waals surface area (Å²) >= 11 is 0. The highest BCUT2D eigenvalue weighted by molar-refractivity contribution is 6.06. The molecular weight excluding hydrogens is 445 g/mol. The SMILES string of the molecule is CCOc1ccccc1C1C(C(=O)Nc2ccccc2)=C(C)Nc2nc(-c3ccc(F)cc3)nn21. The average Bonchev–Trinajstić information content (AvgIpc) is 3.28. The molecule has 1 unspecified atom stereocenters. The van der Waals surface area contributed by atoms with Crippen LogP contribution in [0.3, 0.4) is 0 Å². The fourth-order valence-electron chi connectivity index (χ4n) is 4.17. The third kappa shape index (κ3) is 4.38. The number of benzene rings is 3. The van der Waals surface area contributed by atoms with Crippen molar-refractivity contribution in [3.8, 4) is 17.1 Å². The molecule has 2 N–H and O–H groups in total. The Bertz CT molecular complexity index is 1400. The molecule has 3 aromatic carbocycles. The smallest absolute Gasteiger partial charge is 0.255 e. The summed E-state index contributed by atoms with van der Waals surface area (Å²) in [4.78, 5) is 18.2. The van der Waals surface area contributed by atoms with E-state index in [1.807, 2.05) is 68.4 Å². The van der Waals surface area contributed by atoms with E-state index in [4.69, 9.17) is 9.84 Å². The van der Waals surface area contributed by atoms with Gasteiger partial charge in [0.25, 0.3) is 5.91 Å². The first kappa shape index (κ1) is 22.3. The summed E-state index contributed by atoms with van der Waals surface area (Å²) in [5, 5.41) is 10.9. The summed E-state index contributed by atoms with van der Waals surface area (Å²) in [6, 6.07) is 22.3. The Morgan fingerprint density at radius 3 is 2.51 bits per heavy atom. The minimum atomic E-state index is -0.598. The number of nitrogens with one attached hydrogen (secondary N) is 2. The molecule has 1 amide bonds. The Morgan fingerprint density at radius 1 is 1.06 bits per heavy atom. The number of para-hydroxylation sites is 2. The standard InChI is InChI=1S/C27H24FN5O2/c1-3-35-22-12-8-7-11-21(22)24-23(26(34)30-20-9-5-4-6-10-20)17(2)29-27-31-25(32-33(24)27)18-13-15-19(28)16-14-18/h4-16,24H,3H2,1-2H3,(H,30,34)(H,29,31,32). The van der Waals surface area contributed by atoms with Gasteiger partial charge in [-0.2, -0.15) is 4.98 Å². The van der Waals surface area contributed by atoms with Crippen LogP contribution in [0.5, 0.6) is 5.75 Å². The number of carbonyl (C=O) groups excluding carboxylic acids is 1. The molecule has 1 atom stereocenters. The van der Waals surface area contributed by atoms with Gasteiger partial charge in [0.15, 0.2) is 5.82 Å². The van der Waals surface area contributed by atoms with Crippen LogP contribution in [0.25, 0.3) is 11.4 Å². The Labute approximate surface area is 202 Å². The van der Waals surface area contributed by atoms with Gasteiger partial charge in [0.1, 0.15) is 17.6 Å². The molecule has 4 aromatic rings. The number of allylic oxidation sites excluding steroid dienone is 1. The summed E-state index contributed by atoms with van der Waals surface area (Å²) in [7, 11) is 0. The van der Waals surface area contributed by atoms with E-state index in [1.165, 1.54) is 12.1 Å². The zero-order valence-electron chi connectivity index (χ0n) is 19.3. The molecule has 1 aliphatic heterocycles. The van der Waals surface area contributed by atoms with E-state index in [-0.39, 0.29) is 11.7 Å². The van der Waals surface area contributed by atoms with Gasteiger partial charge in [-0.1, -0.05) is 36.4 Å². The predicted molar refractivity (Wildman–Crippen MR) is 133 cm³/mol. The predicted octanol–water partition coefficient (Wildman–Crippen LogP) is 5.41. The highest BCUT2D eigenvalue weighted by Gasteiger charge is 2.36. The van der Waals surface area contributed by atoms with Crippen molar-refractivity contribution >= 4 is 17.5 Å². The molecule has 176 valence electrons. The van der Waals surface area contributed by atoms with Gasteiger partial charge in [0, 0.05) is 22.5 Å². The maximum absolute atomic E-state index is 13.6. The molecule has 1 aliphatic rings. The molecule has 7 nitrogen and oxygen atoms in total. The number of fused-ring (bicyclic) bond motifs is 1. The van der Waals surface area contributed by atoms with Crippen LogP contribution >= 0.6 is 0 Å². The molecule has 0 saturated heterocycles. The van der Waals surface area contributed by atoms with Gasteiger partial charge < -0.3 is 15.4 Å². The first-order chi connectivity index (χ1) is 17.0. The van der Waals surface area contributed by atoms with Gasteiger partial charge in [0.05, 0.1) is 12.2 Å². The van der Waals surface area contributed by atoms with Crippen LogP contribution in [0.1, 0.15) is 25.5 Å². The van der Waals surface area contributed by atoms with Crippen LogP contribution in [0.15, 0.2) is 90.1 Å². The fraction of sp³-hybridized carbons (Fsp3) is 0.148. The summed E-state index contributed by atoms with van der Waals surface area (Å²) in [6.45, 7) is 4.23. The molecule has 0 spiro atoms. The number of hydrogen-bond donors (Lipinski definition) is 2. The first-order valence-corrected chi connectivity index (χ1v) is 11.3. The van der Waals surface area contributed by atoms with E-state index in [0.29, 0.717) is 46.7 Å². The Morgan fingerprint density at radius 2 is 1.77 bits per heavy atom. The molecule has 0 radical (unpaired) electrons. The van der Waals surface area contributed by atoms with Crippen molar-refractivity contribution in [3.63, 3.8) is 0 Å². The molecule has 5 rings (SSSR count). The zero-order chi connectivity index (χ0) is 24.4. The number of amides is 1. The molecule has 0 fully saturated rings. The number of aromatic nitrogens is 3. The average molecular weight is 470 g/mol. The van der Waals surface area contributed by atoms with Gasteiger partial charge in [-0.05, 0) is 56.3 Å². The maximum Gasteiger partial charge on any atom is 0.255 e. The zero-order valence-corrected chi connectivity index (χ0v) is 19.3. The minimum absolute atomic E-state index is 0.262. The molecule has 0 aliphatic carbocycles. The van der Waals surface area contributed by atoms with Crippen molar-refractivity contribution in [2.75, 3.05) is 17.2 Å². The van der Waals surface area contributed by atoms with Crippen molar-refractivity contribution in [1.29, 1.82) is 0 Å². The van der Waals surface area contributed by atoms with E-state index in [0.717, 1.165) is 5.56 Å². The lowest BCUT2D eigenvalue weighted by Crippen LogP contribution is -2.31. The second-order valence-corrected chi connectivity index (χ2v) is 8.07. The summed E-state index contributed by atoms with van der Waals surface area (Å²) in [5.74, 6) is 0.960. The summed E-state index contributed by atoms with van der Waals surface area (Å²) < 4.78 is 21.1. The molecule has 0 saturated carbocycles. The van der Waals surface area contributed by atoms with Gasteiger partial charge >= 0.3 is 0 Å². The van der Waals surface area contributed by atoms with Crippen LogP contribution in [-0.2, 0) is 4.79 Å². The van der Waals surface area contributed by atoms with E-state index in [2.05, 4.69) is 15.6 Å². The first-order valence-electron chi connectivity index (χ1n) is 11.3. The van der Waals surface area contributed by atoms with Crippen molar-refractivity contribution in [2.24, 2.45) is 0 Å². The lowest BCUT2D eigenvalue weighted by atomic mass is 9.94. The highest BCUT2D eigenvalue weighted by Crippen LogP contribution is 2.40. The van der Waals surface area contributed by atoms with Gasteiger partial charge in [-0.25, -0.2) is 9.07 Å². The second kappa shape index (κ2) is 9.42. The van der Waals surface area contributed by atoms with Crippen molar-refractivity contribution in [2.45, 2.75) is 19.9 Å². The number of nitrogens with zero attached hydrogens (tertiary/aromatic N) is 3. The minimum Gasteiger partial charge on any atom is -0.494 e. The normalized spacial score (nSPS) is 14.8. The van der Waals surface area contributed by atoms with Crippen molar-refractivity contribution in [1.82, 2.24) is 14.8 Å². The molecule has 8 heteroatoms. The molecular formula is C27H24FN5O2. The van der Waals surface area contributed by atoms with Gasteiger partial charge in [-0.15, -0.1) is 5.10 Å². The molecule has 2 heterocycles. The second-order valence-electron chi connectivity index (χ2n) is 8.07. The number of hydrogen-bond acceptors (Lipinski definition) is 5. The quantitative estimate of drug-likeness (QED) is 0.395. The number of rotatable bonds is 6. The fourth-order valence-corrected chi connectivity index (χ4v) is 4.17. The van der Waals surface area contributed by atoms with E-state index in [1.54, 1.807) is 16.8 Å². The number of anilines is 2. The van der Waals surface area contributed by atoms with Crippen LogP contribution in [0.4, 0.5) is 16.0 Å². The Kier molecular flexibility index (Phi) is 6.01. The summed E-state index contributed by atoms with van der Waals surface area (Å²) in [6.07, 6.45) is 0. The topological polar surface area (TPSA) is 81.1 Å². The third-order valence-corrected chi connectivity index (χ3v) is 5.74. The lowest BCUT2D eigenvalue weighted by molar-refractivity contribution is -0.113.